The zero-order chi connectivity index (χ0) is 13.0. The van der Waals surface area contributed by atoms with Crippen molar-refractivity contribution in [2.75, 3.05) is 0 Å². The summed E-state index contributed by atoms with van der Waals surface area (Å²) in [6.45, 7) is 1.44. The molecule has 0 fully saturated rings. The number of Topliss-reactive ketones (excluding diaryl/α,β-unsaturated/α-hetero) is 1. The maximum Gasteiger partial charge on any atom is 0.223 e. The van der Waals surface area contributed by atoms with E-state index >= 15 is 0 Å². The van der Waals surface area contributed by atoms with Crippen molar-refractivity contribution in [3.05, 3.63) is 28.2 Å². The van der Waals surface area contributed by atoms with Crippen molar-refractivity contribution in [2.45, 2.75) is 6.92 Å². The van der Waals surface area contributed by atoms with Gasteiger partial charge < -0.3 is 17.2 Å². The summed E-state index contributed by atoms with van der Waals surface area (Å²) in [6.07, 6.45) is 0. The summed E-state index contributed by atoms with van der Waals surface area (Å²) in [6, 6.07) is 5.05. The van der Waals surface area contributed by atoms with Gasteiger partial charge in [-0.25, -0.2) is 4.99 Å². The molecule has 0 heterocycles. The third kappa shape index (κ3) is 3.87. The molecule has 17 heavy (non-hydrogen) atoms. The highest BCUT2D eigenvalue weighted by Gasteiger charge is 2.07. The van der Waals surface area contributed by atoms with Gasteiger partial charge in [-0.2, -0.15) is 4.99 Å². The number of benzene rings is 1. The van der Waals surface area contributed by atoms with Crippen molar-refractivity contribution in [1.29, 1.82) is 0 Å². The molecule has 0 amide bonds. The van der Waals surface area contributed by atoms with E-state index < -0.39 is 0 Å². The second-order valence-electron chi connectivity index (χ2n) is 3.22. The number of halogens is 1. The summed E-state index contributed by atoms with van der Waals surface area (Å²) < 4.78 is 0.780. The molecule has 7 heteroatoms. The van der Waals surface area contributed by atoms with Crippen LogP contribution in [0.15, 0.2) is 32.7 Å². The van der Waals surface area contributed by atoms with Crippen molar-refractivity contribution in [3.8, 4) is 0 Å². The lowest BCUT2D eigenvalue weighted by Crippen LogP contribution is -2.26. The van der Waals surface area contributed by atoms with E-state index in [1.165, 1.54) is 6.92 Å². The summed E-state index contributed by atoms with van der Waals surface area (Å²) in [5, 5.41) is 0. The molecule has 1 aromatic rings. The minimum atomic E-state index is -0.187. The van der Waals surface area contributed by atoms with Crippen LogP contribution in [0.5, 0.6) is 0 Å². The Labute approximate surface area is 107 Å². The van der Waals surface area contributed by atoms with Gasteiger partial charge in [0.2, 0.25) is 5.96 Å². The standard InChI is InChI=1S/C10H12BrN5O/c1-5(17)7-4-6(11)2-3-8(7)15-10(14)16-9(12)13/h2-4H,1H3,(H6,12,13,14,15,16). The molecule has 6 nitrogen and oxygen atoms in total. The average Bonchev–Trinajstić information content (AvgIpc) is 2.19. The van der Waals surface area contributed by atoms with E-state index in [2.05, 4.69) is 25.9 Å². The fourth-order valence-corrected chi connectivity index (χ4v) is 1.53. The van der Waals surface area contributed by atoms with Gasteiger partial charge in [0.15, 0.2) is 11.7 Å². The second-order valence-corrected chi connectivity index (χ2v) is 4.14. The van der Waals surface area contributed by atoms with E-state index in [9.17, 15) is 4.79 Å². The number of carbonyl (C=O) groups excluding carboxylic acids is 1. The van der Waals surface area contributed by atoms with Gasteiger partial charge in [-0.3, -0.25) is 4.79 Å². The van der Waals surface area contributed by atoms with Crippen LogP contribution in [0.4, 0.5) is 5.69 Å². The second kappa shape index (κ2) is 5.44. The summed E-state index contributed by atoms with van der Waals surface area (Å²) in [5.41, 5.74) is 16.7. The third-order valence-electron chi connectivity index (χ3n) is 1.82. The molecule has 0 aliphatic heterocycles. The van der Waals surface area contributed by atoms with Gasteiger partial charge in [-0.05, 0) is 25.1 Å². The van der Waals surface area contributed by atoms with Crippen molar-refractivity contribution >= 4 is 39.3 Å². The number of carbonyl (C=O) groups is 1. The van der Waals surface area contributed by atoms with Crippen LogP contribution in [0, 0.1) is 0 Å². The van der Waals surface area contributed by atoms with Gasteiger partial charge in [0, 0.05) is 10.0 Å². The lowest BCUT2D eigenvalue weighted by Gasteiger charge is -2.03. The SMILES string of the molecule is CC(=O)c1cc(Br)ccc1N=C(N)N=C(N)N. The Morgan fingerprint density at radius 2 is 1.94 bits per heavy atom. The fourth-order valence-electron chi connectivity index (χ4n) is 1.17. The first kappa shape index (κ1) is 13.2. The van der Waals surface area contributed by atoms with E-state index in [1.807, 2.05) is 0 Å². The predicted molar refractivity (Wildman–Crippen MR) is 71.2 cm³/mol. The first-order valence-electron chi connectivity index (χ1n) is 4.64. The Morgan fingerprint density at radius 3 is 2.47 bits per heavy atom. The molecule has 0 aliphatic rings. The number of nitrogens with zero attached hydrogens (tertiary/aromatic N) is 2. The summed E-state index contributed by atoms with van der Waals surface area (Å²) in [4.78, 5) is 18.9. The Bertz CT molecular complexity index is 505. The van der Waals surface area contributed by atoms with Crippen molar-refractivity contribution in [2.24, 2.45) is 27.2 Å². The highest BCUT2D eigenvalue weighted by molar-refractivity contribution is 9.10. The van der Waals surface area contributed by atoms with E-state index in [0.717, 1.165) is 4.47 Å². The molecule has 0 aromatic heterocycles. The van der Waals surface area contributed by atoms with E-state index in [1.54, 1.807) is 18.2 Å². The van der Waals surface area contributed by atoms with Gasteiger partial charge in [0.1, 0.15) is 0 Å². The zero-order valence-corrected chi connectivity index (χ0v) is 10.7. The Kier molecular flexibility index (Phi) is 4.22. The number of hydrogen-bond donors (Lipinski definition) is 3. The van der Waals surface area contributed by atoms with Crippen LogP contribution in [0.1, 0.15) is 17.3 Å². The topological polar surface area (TPSA) is 120 Å². The quantitative estimate of drug-likeness (QED) is 0.426. The highest BCUT2D eigenvalue weighted by Crippen LogP contribution is 2.24. The smallest absolute Gasteiger partial charge is 0.223 e. The molecular weight excluding hydrogens is 286 g/mol. The number of ketones is 1. The molecule has 0 radical (unpaired) electrons. The van der Waals surface area contributed by atoms with Gasteiger partial charge in [-0.1, -0.05) is 15.9 Å². The number of guanidine groups is 2. The molecule has 0 unspecified atom stereocenters. The van der Waals surface area contributed by atoms with Gasteiger partial charge in [0.25, 0.3) is 0 Å². The largest absolute Gasteiger partial charge is 0.370 e. The fraction of sp³-hybridized carbons (Fsp3) is 0.100. The average molecular weight is 298 g/mol. The predicted octanol–water partition coefficient (Wildman–Crippen LogP) is 0.871. The van der Waals surface area contributed by atoms with E-state index in [4.69, 9.17) is 17.2 Å². The molecule has 0 saturated carbocycles. The molecule has 6 N–H and O–H groups in total. The maximum absolute atomic E-state index is 11.4. The lowest BCUT2D eigenvalue weighted by molar-refractivity contribution is 0.101. The minimum Gasteiger partial charge on any atom is -0.370 e. The molecule has 0 atom stereocenters. The number of rotatable bonds is 2. The van der Waals surface area contributed by atoms with Gasteiger partial charge in [-0.15, -0.1) is 0 Å². The summed E-state index contributed by atoms with van der Waals surface area (Å²) >= 11 is 3.27. The first-order chi connectivity index (χ1) is 7.90. The van der Waals surface area contributed by atoms with Crippen LogP contribution in [0.25, 0.3) is 0 Å². The molecule has 0 spiro atoms. The van der Waals surface area contributed by atoms with Crippen molar-refractivity contribution < 1.29 is 4.79 Å². The van der Waals surface area contributed by atoms with Crippen LogP contribution < -0.4 is 17.2 Å². The Hall–Kier alpha value is -1.89. The molecule has 0 aliphatic carbocycles. The van der Waals surface area contributed by atoms with Crippen LogP contribution in [0.3, 0.4) is 0 Å². The Morgan fingerprint density at radius 1 is 1.29 bits per heavy atom. The molecule has 1 aromatic carbocycles. The number of hydrogen-bond acceptors (Lipinski definition) is 2. The molecule has 90 valence electrons. The number of aliphatic imine (C=N–C) groups is 2. The number of nitrogens with two attached hydrogens (primary N) is 3. The molecule has 1 rings (SSSR count). The Balaban J connectivity index is 3.23. The molecule has 0 saturated heterocycles. The van der Waals surface area contributed by atoms with Crippen LogP contribution in [-0.2, 0) is 0 Å². The van der Waals surface area contributed by atoms with Crippen molar-refractivity contribution in [1.82, 2.24) is 0 Å². The van der Waals surface area contributed by atoms with E-state index in [0.29, 0.717) is 11.3 Å². The summed E-state index contributed by atoms with van der Waals surface area (Å²) in [7, 11) is 0. The normalized spacial score (nSPS) is 11.1. The van der Waals surface area contributed by atoms with Crippen LogP contribution >= 0.6 is 15.9 Å². The van der Waals surface area contributed by atoms with E-state index in [-0.39, 0.29) is 17.7 Å². The molecule has 0 bridgehead atoms. The lowest BCUT2D eigenvalue weighted by atomic mass is 10.1. The minimum absolute atomic E-state index is 0.102. The maximum atomic E-state index is 11.4. The van der Waals surface area contributed by atoms with Gasteiger partial charge in [0.05, 0.1) is 5.69 Å². The monoisotopic (exact) mass is 297 g/mol. The van der Waals surface area contributed by atoms with Gasteiger partial charge >= 0.3 is 0 Å². The summed E-state index contributed by atoms with van der Waals surface area (Å²) in [5.74, 6) is -0.412. The van der Waals surface area contributed by atoms with Crippen molar-refractivity contribution in [3.63, 3.8) is 0 Å². The van der Waals surface area contributed by atoms with Crippen LogP contribution in [-0.4, -0.2) is 17.7 Å². The zero-order valence-electron chi connectivity index (χ0n) is 9.14. The third-order valence-corrected chi connectivity index (χ3v) is 2.31. The molecular formula is C10H12BrN5O. The van der Waals surface area contributed by atoms with Crippen LogP contribution in [0.2, 0.25) is 0 Å². The first-order valence-corrected chi connectivity index (χ1v) is 5.43. The highest BCUT2D eigenvalue weighted by atomic mass is 79.9.